The zero-order valence-electron chi connectivity index (χ0n) is 17.8. The van der Waals surface area contributed by atoms with Crippen LogP contribution < -0.4 is 11.3 Å². The standard InChI is InChI=1S/C22H30N6O3/c23-21(31)22(27-12-4-1-5-13-27)10-15-26(16-11-22)19(29)9-6-14-28-20(30)17-7-2-3-8-18(17)24-25-28/h2-3,7-8H,1,4-6,9-16H2,(H2,23,31). The van der Waals surface area contributed by atoms with E-state index in [1.807, 2.05) is 11.0 Å². The summed E-state index contributed by atoms with van der Waals surface area (Å²) in [4.78, 5) is 41.6. The van der Waals surface area contributed by atoms with Gasteiger partial charge in [-0.05, 0) is 57.3 Å². The van der Waals surface area contributed by atoms with Gasteiger partial charge in [-0.2, -0.15) is 0 Å². The van der Waals surface area contributed by atoms with Crippen LogP contribution >= 0.6 is 0 Å². The number of primary amides is 1. The van der Waals surface area contributed by atoms with Gasteiger partial charge in [0.05, 0.1) is 5.39 Å². The molecule has 166 valence electrons. The quantitative estimate of drug-likeness (QED) is 0.734. The highest BCUT2D eigenvalue weighted by Gasteiger charge is 2.45. The first-order valence-electron chi connectivity index (χ1n) is 11.2. The van der Waals surface area contributed by atoms with Crippen LogP contribution in [0, 0.1) is 0 Å². The second-order valence-corrected chi connectivity index (χ2v) is 8.56. The molecule has 0 radical (unpaired) electrons. The summed E-state index contributed by atoms with van der Waals surface area (Å²) in [6.45, 7) is 3.22. The van der Waals surface area contributed by atoms with E-state index < -0.39 is 5.54 Å². The van der Waals surface area contributed by atoms with Crippen LogP contribution in [0.1, 0.15) is 44.9 Å². The van der Waals surface area contributed by atoms with Gasteiger partial charge in [0.15, 0.2) is 0 Å². The van der Waals surface area contributed by atoms with Crippen molar-refractivity contribution in [3.63, 3.8) is 0 Å². The molecule has 0 saturated carbocycles. The van der Waals surface area contributed by atoms with Gasteiger partial charge in [-0.15, -0.1) is 5.10 Å². The maximum Gasteiger partial charge on any atom is 0.277 e. The number of nitrogens with two attached hydrogens (primary N) is 1. The molecule has 2 saturated heterocycles. The summed E-state index contributed by atoms with van der Waals surface area (Å²) in [7, 11) is 0. The zero-order chi connectivity index (χ0) is 21.8. The van der Waals surface area contributed by atoms with E-state index in [0.29, 0.717) is 56.2 Å². The number of carbonyl (C=O) groups excluding carboxylic acids is 2. The summed E-state index contributed by atoms with van der Waals surface area (Å²) in [6.07, 6.45) is 5.39. The minimum atomic E-state index is -0.620. The summed E-state index contributed by atoms with van der Waals surface area (Å²) >= 11 is 0. The van der Waals surface area contributed by atoms with Crippen molar-refractivity contribution >= 4 is 22.7 Å². The third-order valence-corrected chi connectivity index (χ3v) is 6.75. The Kier molecular flexibility index (Phi) is 6.31. The molecule has 2 aromatic rings. The van der Waals surface area contributed by atoms with Gasteiger partial charge >= 0.3 is 0 Å². The normalized spacial score (nSPS) is 19.4. The number of aromatic nitrogens is 3. The van der Waals surface area contributed by atoms with Gasteiger partial charge < -0.3 is 10.6 Å². The summed E-state index contributed by atoms with van der Waals surface area (Å²) in [5.41, 5.74) is 5.58. The summed E-state index contributed by atoms with van der Waals surface area (Å²) < 4.78 is 1.32. The SMILES string of the molecule is NC(=O)C1(N2CCCCC2)CCN(C(=O)CCCn2nnc3ccccc3c2=O)CC1. The van der Waals surface area contributed by atoms with Gasteiger partial charge in [-0.25, -0.2) is 4.68 Å². The van der Waals surface area contributed by atoms with Crippen LogP contribution in [0.2, 0.25) is 0 Å². The van der Waals surface area contributed by atoms with Crippen LogP contribution in [0.4, 0.5) is 0 Å². The topological polar surface area (TPSA) is 114 Å². The molecule has 2 N–H and O–H groups in total. The Hall–Kier alpha value is -2.81. The highest BCUT2D eigenvalue weighted by molar-refractivity contribution is 5.85. The molecule has 0 aliphatic carbocycles. The molecule has 2 fully saturated rings. The van der Waals surface area contributed by atoms with Gasteiger partial charge in [0.1, 0.15) is 11.1 Å². The molecule has 0 spiro atoms. The van der Waals surface area contributed by atoms with Gasteiger partial charge in [0, 0.05) is 26.1 Å². The number of carbonyl (C=O) groups is 2. The number of piperidine rings is 2. The average molecular weight is 427 g/mol. The maximum absolute atomic E-state index is 12.7. The van der Waals surface area contributed by atoms with Crippen molar-refractivity contribution in [3.8, 4) is 0 Å². The smallest absolute Gasteiger partial charge is 0.277 e. The molecule has 1 aromatic carbocycles. The van der Waals surface area contributed by atoms with E-state index in [1.54, 1.807) is 18.2 Å². The number of rotatable bonds is 6. The highest BCUT2D eigenvalue weighted by atomic mass is 16.2. The first kappa shape index (κ1) is 21.4. The lowest BCUT2D eigenvalue weighted by Gasteiger charge is -2.48. The third-order valence-electron chi connectivity index (χ3n) is 6.75. The summed E-state index contributed by atoms with van der Waals surface area (Å²) in [5.74, 6) is -0.228. The Morgan fingerprint density at radius 1 is 1.03 bits per heavy atom. The molecule has 3 heterocycles. The lowest BCUT2D eigenvalue weighted by atomic mass is 9.83. The highest BCUT2D eigenvalue weighted by Crippen LogP contribution is 2.31. The van der Waals surface area contributed by atoms with Crippen LogP contribution in [0.5, 0.6) is 0 Å². The van der Waals surface area contributed by atoms with E-state index in [0.717, 1.165) is 25.9 Å². The van der Waals surface area contributed by atoms with E-state index in [9.17, 15) is 14.4 Å². The zero-order valence-corrected chi connectivity index (χ0v) is 17.8. The molecule has 0 bridgehead atoms. The molecule has 1 aromatic heterocycles. The van der Waals surface area contributed by atoms with E-state index in [4.69, 9.17) is 5.73 Å². The first-order chi connectivity index (χ1) is 15.0. The van der Waals surface area contributed by atoms with Crippen LogP contribution in [0.3, 0.4) is 0 Å². The van der Waals surface area contributed by atoms with Crippen LogP contribution in [-0.4, -0.2) is 68.3 Å². The van der Waals surface area contributed by atoms with Gasteiger partial charge in [-0.3, -0.25) is 19.3 Å². The molecule has 0 atom stereocenters. The Balaban J connectivity index is 1.32. The third kappa shape index (κ3) is 4.32. The number of benzene rings is 1. The molecular formula is C22H30N6O3. The van der Waals surface area contributed by atoms with Crippen molar-refractivity contribution in [3.05, 3.63) is 34.6 Å². The Bertz CT molecular complexity index is 1010. The first-order valence-corrected chi connectivity index (χ1v) is 11.2. The largest absolute Gasteiger partial charge is 0.368 e. The average Bonchev–Trinajstić information content (AvgIpc) is 2.81. The number of fused-ring (bicyclic) bond motifs is 1. The number of amides is 2. The molecule has 31 heavy (non-hydrogen) atoms. The molecular weight excluding hydrogens is 396 g/mol. The number of likely N-dealkylation sites (tertiary alicyclic amines) is 2. The second-order valence-electron chi connectivity index (χ2n) is 8.56. The molecule has 4 rings (SSSR count). The number of nitrogens with zero attached hydrogens (tertiary/aromatic N) is 5. The fraction of sp³-hybridized carbons (Fsp3) is 0.591. The van der Waals surface area contributed by atoms with Gasteiger partial charge in [0.25, 0.3) is 5.56 Å². The van der Waals surface area contributed by atoms with Gasteiger partial charge in [0.2, 0.25) is 11.8 Å². The Labute approximate surface area is 181 Å². The van der Waals surface area contributed by atoms with Crippen LogP contribution in [0.15, 0.2) is 29.1 Å². The summed E-state index contributed by atoms with van der Waals surface area (Å²) in [6, 6.07) is 7.10. The fourth-order valence-corrected chi connectivity index (χ4v) is 4.87. The van der Waals surface area contributed by atoms with Crippen molar-refractivity contribution < 1.29 is 9.59 Å². The Morgan fingerprint density at radius 3 is 2.45 bits per heavy atom. The van der Waals surface area contributed by atoms with Crippen molar-refractivity contribution in [2.45, 2.75) is 57.0 Å². The van der Waals surface area contributed by atoms with Gasteiger partial charge in [-0.1, -0.05) is 23.8 Å². The molecule has 9 nitrogen and oxygen atoms in total. The number of hydrogen-bond donors (Lipinski definition) is 1. The fourth-order valence-electron chi connectivity index (χ4n) is 4.87. The monoisotopic (exact) mass is 426 g/mol. The Morgan fingerprint density at radius 2 is 1.74 bits per heavy atom. The van der Waals surface area contributed by atoms with Crippen molar-refractivity contribution in [2.24, 2.45) is 5.73 Å². The predicted molar refractivity (Wildman–Crippen MR) is 116 cm³/mol. The molecule has 2 amide bonds. The number of hydrogen-bond acceptors (Lipinski definition) is 6. The summed E-state index contributed by atoms with van der Waals surface area (Å²) in [5, 5.41) is 8.58. The lowest BCUT2D eigenvalue weighted by Crippen LogP contribution is -2.63. The van der Waals surface area contributed by atoms with Crippen LogP contribution in [-0.2, 0) is 16.1 Å². The van der Waals surface area contributed by atoms with E-state index in [1.165, 1.54) is 11.1 Å². The van der Waals surface area contributed by atoms with Crippen molar-refractivity contribution in [1.29, 1.82) is 0 Å². The molecule has 9 heteroatoms. The van der Waals surface area contributed by atoms with E-state index in [-0.39, 0.29) is 17.4 Å². The minimum absolute atomic E-state index is 0.0403. The van der Waals surface area contributed by atoms with Crippen LogP contribution in [0.25, 0.3) is 10.9 Å². The van der Waals surface area contributed by atoms with E-state index in [2.05, 4.69) is 15.2 Å². The van der Waals surface area contributed by atoms with Crippen molar-refractivity contribution in [1.82, 2.24) is 24.8 Å². The lowest BCUT2D eigenvalue weighted by molar-refractivity contribution is -0.142. The molecule has 0 unspecified atom stereocenters. The predicted octanol–water partition coefficient (Wildman–Crippen LogP) is 0.904. The molecule has 2 aliphatic rings. The minimum Gasteiger partial charge on any atom is -0.368 e. The van der Waals surface area contributed by atoms with Crippen molar-refractivity contribution in [2.75, 3.05) is 26.2 Å². The van der Waals surface area contributed by atoms with E-state index >= 15 is 0 Å². The molecule has 2 aliphatic heterocycles. The maximum atomic E-state index is 12.7. The number of aryl methyl sites for hydroxylation is 1. The second kappa shape index (κ2) is 9.13.